The van der Waals surface area contributed by atoms with Crippen LogP contribution in [0.25, 0.3) is 11.0 Å². The third kappa shape index (κ3) is 4.41. The van der Waals surface area contributed by atoms with Gasteiger partial charge in [-0.1, -0.05) is 19.1 Å². The van der Waals surface area contributed by atoms with E-state index in [9.17, 15) is 4.79 Å². The maximum atomic E-state index is 13.5. The molecule has 158 valence electrons. The summed E-state index contributed by atoms with van der Waals surface area (Å²) in [5.41, 5.74) is 5.19. The summed E-state index contributed by atoms with van der Waals surface area (Å²) in [7, 11) is 0. The van der Waals surface area contributed by atoms with Gasteiger partial charge in [0.1, 0.15) is 0 Å². The second-order valence-corrected chi connectivity index (χ2v) is 7.89. The minimum absolute atomic E-state index is 0. The molecule has 6 heteroatoms. The molecule has 1 aliphatic heterocycles. The number of pyridine rings is 2. The lowest BCUT2D eigenvalue weighted by atomic mass is 10.0. The Balaban J connectivity index is 0.00000256. The number of piperidine rings is 1. The van der Waals surface area contributed by atoms with E-state index in [-0.39, 0.29) is 24.4 Å². The maximum absolute atomic E-state index is 13.5. The Morgan fingerprint density at radius 2 is 2.07 bits per heavy atom. The van der Waals surface area contributed by atoms with Crippen LogP contribution < -0.4 is 5.32 Å². The van der Waals surface area contributed by atoms with Gasteiger partial charge in [0.15, 0.2) is 5.65 Å². The van der Waals surface area contributed by atoms with Crippen molar-refractivity contribution in [3.8, 4) is 0 Å². The molecule has 0 spiro atoms. The molecule has 1 aliphatic rings. The van der Waals surface area contributed by atoms with Gasteiger partial charge in [-0.05, 0) is 69.4 Å². The minimum atomic E-state index is 0. The van der Waals surface area contributed by atoms with Crippen LogP contribution in [0.1, 0.15) is 54.7 Å². The molecule has 2 aromatic heterocycles. The molecule has 0 saturated carbocycles. The second kappa shape index (κ2) is 9.43. The number of amides is 1. The van der Waals surface area contributed by atoms with Crippen molar-refractivity contribution in [2.75, 3.05) is 11.9 Å². The van der Waals surface area contributed by atoms with E-state index in [1.165, 1.54) is 12.0 Å². The molecule has 1 saturated heterocycles. The van der Waals surface area contributed by atoms with Gasteiger partial charge in [-0.3, -0.25) is 4.79 Å². The number of rotatable bonds is 4. The van der Waals surface area contributed by atoms with Crippen molar-refractivity contribution in [3.05, 3.63) is 59.4 Å². The number of fused-ring (bicyclic) bond motifs is 1. The highest BCUT2D eigenvalue weighted by atomic mass is 35.5. The molecule has 3 aromatic rings. The SMILES string of the molecule is CCc1cccc(Nc2c(C(=O)N3CCCCC3C)cnc3nc(C)ccc23)c1.Cl. The summed E-state index contributed by atoms with van der Waals surface area (Å²) in [6.45, 7) is 7.02. The number of nitrogens with zero attached hydrogens (tertiary/aromatic N) is 3. The predicted molar refractivity (Wildman–Crippen MR) is 125 cm³/mol. The highest BCUT2D eigenvalue weighted by Crippen LogP contribution is 2.31. The fourth-order valence-electron chi connectivity index (χ4n) is 4.04. The Morgan fingerprint density at radius 1 is 1.23 bits per heavy atom. The third-order valence-corrected chi connectivity index (χ3v) is 5.77. The number of carbonyl (C=O) groups excluding carboxylic acids is 1. The summed E-state index contributed by atoms with van der Waals surface area (Å²) in [6, 6.07) is 12.5. The molecule has 5 nitrogen and oxygen atoms in total. The van der Waals surface area contributed by atoms with E-state index in [2.05, 4.69) is 41.3 Å². The number of hydrogen-bond acceptors (Lipinski definition) is 4. The highest BCUT2D eigenvalue weighted by Gasteiger charge is 2.27. The predicted octanol–water partition coefficient (Wildman–Crippen LogP) is 5.68. The van der Waals surface area contributed by atoms with E-state index in [1.54, 1.807) is 6.20 Å². The lowest BCUT2D eigenvalue weighted by Gasteiger charge is -2.34. The Bertz CT molecular complexity index is 1050. The molecule has 0 aliphatic carbocycles. The zero-order chi connectivity index (χ0) is 20.4. The van der Waals surface area contributed by atoms with E-state index in [4.69, 9.17) is 0 Å². The first-order valence-electron chi connectivity index (χ1n) is 10.5. The lowest BCUT2D eigenvalue weighted by Crippen LogP contribution is -2.42. The molecule has 3 heterocycles. The molecule has 1 atom stereocenters. The van der Waals surface area contributed by atoms with E-state index in [0.717, 1.165) is 48.3 Å². The van der Waals surface area contributed by atoms with Crippen LogP contribution in [0.4, 0.5) is 11.4 Å². The maximum Gasteiger partial charge on any atom is 0.257 e. The molecule has 4 rings (SSSR count). The van der Waals surface area contributed by atoms with E-state index >= 15 is 0 Å². The van der Waals surface area contributed by atoms with Crippen molar-refractivity contribution in [3.63, 3.8) is 0 Å². The lowest BCUT2D eigenvalue weighted by molar-refractivity contribution is 0.0636. The van der Waals surface area contributed by atoms with Crippen molar-refractivity contribution in [1.82, 2.24) is 14.9 Å². The van der Waals surface area contributed by atoms with Crippen LogP contribution in [0, 0.1) is 6.92 Å². The number of carbonyl (C=O) groups is 1. The van der Waals surface area contributed by atoms with E-state index < -0.39 is 0 Å². The molecule has 1 N–H and O–H groups in total. The Morgan fingerprint density at radius 3 is 2.83 bits per heavy atom. The summed E-state index contributed by atoms with van der Waals surface area (Å²) in [5, 5.41) is 4.39. The summed E-state index contributed by atoms with van der Waals surface area (Å²) >= 11 is 0. The Labute approximate surface area is 184 Å². The van der Waals surface area contributed by atoms with E-state index in [1.807, 2.05) is 36.1 Å². The van der Waals surface area contributed by atoms with Crippen LogP contribution in [-0.2, 0) is 6.42 Å². The van der Waals surface area contributed by atoms with Crippen LogP contribution in [0.2, 0.25) is 0 Å². The smallest absolute Gasteiger partial charge is 0.257 e. The standard InChI is InChI=1S/C24H28N4O.ClH/c1-4-18-9-7-10-19(14-18)27-22-20-12-11-16(2)26-23(20)25-15-21(22)24(29)28-13-6-5-8-17(28)3;/h7,9-12,14-15,17H,4-6,8,13H2,1-3H3,(H,25,26,27);1H. The van der Waals surface area contributed by atoms with Crippen LogP contribution >= 0.6 is 12.4 Å². The zero-order valence-corrected chi connectivity index (χ0v) is 18.6. The highest BCUT2D eigenvalue weighted by molar-refractivity contribution is 6.07. The minimum Gasteiger partial charge on any atom is -0.354 e. The normalized spacial score (nSPS) is 16.2. The molecule has 1 unspecified atom stereocenters. The first-order chi connectivity index (χ1) is 14.1. The fraction of sp³-hybridized carbons (Fsp3) is 0.375. The number of hydrogen-bond donors (Lipinski definition) is 1. The van der Waals surface area contributed by atoms with Gasteiger partial charge in [0.2, 0.25) is 0 Å². The van der Waals surface area contributed by atoms with Crippen molar-refractivity contribution in [2.24, 2.45) is 0 Å². The fourth-order valence-corrected chi connectivity index (χ4v) is 4.04. The number of aryl methyl sites for hydroxylation is 2. The summed E-state index contributed by atoms with van der Waals surface area (Å²) in [5.74, 6) is 0.0429. The molecule has 1 amide bonds. The van der Waals surface area contributed by atoms with Crippen LogP contribution in [0.15, 0.2) is 42.6 Å². The number of aromatic nitrogens is 2. The van der Waals surface area contributed by atoms with Crippen molar-refractivity contribution in [2.45, 2.75) is 52.5 Å². The number of benzene rings is 1. The molecule has 0 radical (unpaired) electrons. The molecular weight excluding hydrogens is 396 g/mol. The van der Waals surface area contributed by atoms with Gasteiger partial charge < -0.3 is 10.2 Å². The van der Waals surface area contributed by atoms with Crippen LogP contribution in [0.3, 0.4) is 0 Å². The average molecular weight is 425 g/mol. The average Bonchev–Trinajstić information content (AvgIpc) is 2.74. The van der Waals surface area contributed by atoms with Gasteiger partial charge >= 0.3 is 0 Å². The Kier molecular flexibility index (Phi) is 6.93. The monoisotopic (exact) mass is 424 g/mol. The number of halogens is 1. The summed E-state index contributed by atoms with van der Waals surface area (Å²) in [6.07, 6.45) is 5.93. The van der Waals surface area contributed by atoms with Gasteiger partial charge in [0.05, 0.1) is 11.3 Å². The quantitative estimate of drug-likeness (QED) is 0.585. The van der Waals surface area contributed by atoms with Crippen molar-refractivity contribution >= 4 is 40.7 Å². The molecular formula is C24H29ClN4O. The van der Waals surface area contributed by atoms with Gasteiger partial charge in [-0.25, -0.2) is 9.97 Å². The van der Waals surface area contributed by atoms with Gasteiger partial charge in [0, 0.05) is 35.6 Å². The number of likely N-dealkylation sites (tertiary alicyclic amines) is 1. The van der Waals surface area contributed by atoms with E-state index in [0.29, 0.717) is 11.2 Å². The van der Waals surface area contributed by atoms with Gasteiger partial charge in [-0.15, -0.1) is 12.4 Å². The first-order valence-corrected chi connectivity index (χ1v) is 10.5. The van der Waals surface area contributed by atoms with Crippen molar-refractivity contribution in [1.29, 1.82) is 0 Å². The third-order valence-electron chi connectivity index (χ3n) is 5.77. The zero-order valence-electron chi connectivity index (χ0n) is 17.8. The number of anilines is 2. The largest absolute Gasteiger partial charge is 0.354 e. The topological polar surface area (TPSA) is 58.1 Å². The Hall–Kier alpha value is -2.66. The molecule has 0 bridgehead atoms. The number of nitrogens with one attached hydrogen (secondary N) is 1. The van der Waals surface area contributed by atoms with Gasteiger partial charge in [0.25, 0.3) is 5.91 Å². The summed E-state index contributed by atoms with van der Waals surface area (Å²) in [4.78, 5) is 24.6. The van der Waals surface area contributed by atoms with Crippen LogP contribution in [0.5, 0.6) is 0 Å². The summed E-state index contributed by atoms with van der Waals surface area (Å²) < 4.78 is 0. The second-order valence-electron chi connectivity index (χ2n) is 7.89. The molecule has 1 aromatic carbocycles. The van der Waals surface area contributed by atoms with Gasteiger partial charge in [-0.2, -0.15) is 0 Å². The molecule has 1 fully saturated rings. The first kappa shape index (κ1) is 22.0. The van der Waals surface area contributed by atoms with Crippen molar-refractivity contribution < 1.29 is 4.79 Å². The van der Waals surface area contributed by atoms with Crippen LogP contribution in [-0.4, -0.2) is 33.4 Å². The molecule has 30 heavy (non-hydrogen) atoms.